The van der Waals surface area contributed by atoms with Crippen LogP contribution in [0.5, 0.6) is 5.75 Å². The number of hydrogen-bond acceptors (Lipinski definition) is 4. The fourth-order valence-corrected chi connectivity index (χ4v) is 3.33. The summed E-state index contributed by atoms with van der Waals surface area (Å²) in [5.74, 6) is 0.954. The van der Waals surface area contributed by atoms with Crippen LogP contribution in [0.15, 0.2) is 12.1 Å². The predicted octanol–water partition coefficient (Wildman–Crippen LogP) is 2.81. The molecule has 1 heterocycles. The highest BCUT2D eigenvalue weighted by Crippen LogP contribution is 2.40. The van der Waals surface area contributed by atoms with E-state index in [-0.39, 0.29) is 0 Å². The molecule has 17 heavy (non-hydrogen) atoms. The average Bonchev–Trinajstić information content (AvgIpc) is 2.70. The zero-order chi connectivity index (χ0) is 12.0. The van der Waals surface area contributed by atoms with Gasteiger partial charge in [-0.05, 0) is 43.0 Å². The van der Waals surface area contributed by atoms with Crippen LogP contribution in [0.4, 0.5) is 5.13 Å². The first kappa shape index (κ1) is 10.6. The summed E-state index contributed by atoms with van der Waals surface area (Å²) >= 11 is 1.61. The molecule has 0 unspecified atom stereocenters. The van der Waals surface area contributed by atoms with E-state index in [1.165, 1.54) is 21.6 Å². The Labute approximate surface area is 104 Å². The molecule has 0 saturated carbocycles. The minimum absolute atomic E-state index is 0.663. The number of nitrogens with zero attached hydrogens (tertiary/aromatic N) is 1. The minimum atomic E-state index is 0.663. The molecule has 4 heteroatoms. The van der Waals surface area contributed by atoms with Gasteiger partial charge >= 0.3 is 0 Å². The number of thiazole rings is 1. The average molecular weight is 246 g/mol. The summed E-state index contributed by atoms with van der Waals surface area (Å²) in [5, 5.41) is 0.663. The number of ether oxygens (including phenoxy) is 1. The van der Waals surface area contributed by atoms with E-state index in [4.69, 9.17) is 10.5 Å². The number of nitrogens with two attached hydrogens (primary N) is 1. The fourth-order valence-electron chi connectivity index (χ4n) is 2.49. The molecular weight excluding hydrogens is 232 g/mol. The molecule has 0 spiro atoms. The molecule has 0 fully saturated rings. The Kier molecular flexibility index (Phi) is 2.33. The standard InChI is InChI=1S/C13H14N2OS/c1-7-8-4-6-11-12(15-13(14)17-11)9(8)3-5-10(7)16-2/h3,5H,4,6H2,1-2H3,(H2,14,15). The Hall–Kier alpha value is -1.55. The third-order valence-electron chi connectivity index (χ3n) is 3.34. The van der Waals surface area contributed by atoms with Crippen molar-refractivity contribution in [3.8, 4) is 17.0 Å². The van der Waals surface area contributed by atoms with E-state index in [9.17, 15) is 0 Å². The summed E-state index contributed by atoms with van der Waals surface area (Å²) in [5.41, 5.74) is 10.7. The Morgan fingerprint density at radius 3 is 2.94 bits per heavy atom. The largest absolute Gasteiger partial charge is 0.496 e. The predicted molar refractivity (Wildman–Crippen MR) is 70.7 cm³/mol. The van der Waals surface area contributed by atoms with Crippen LogP contribution in [0.2, 0.25) is 0 Å². The minimum Gasteiger partial charge on any atom is -0.496 e. The summed E-state index contributed by atoms with van der Waals surface area (Å²) in [6.45, 7) is 2.11. The van der Waals surface area contributed by atoms with Crippen molar-refractivity contribution in [2.45, 2.75) is 19.8 Å². The number of nitrogen functional groups attached to an aromatic ring is 1. The summed E-state index contributed by atoms with van der Waals surface area (Å²) in [4.78, 5) is 5.75. The second kappa shape index (κ2) is 3.74. The number of methoxy groups -OCH3 is 1. The number of rotatable bonds is 1. The first-order chi connectivity index (χ1) is 8.20. The van der Waals surface area contributed by atoms with Crippen LogP contribution in [-0.2, 0) is 12.8 Å². The zero-order valence-corrected chi connectivity index (χ0v) is 10.7. The number of benzene rings is 1. The van der Waals surface area contributed by atoms with Crippen molar-refractivity contribution in [3.05, 3.63) is 28.1 Å². The second-order valence-electron chi connectivity index (χ2n) is 4.24. The van der Waals surface area contributed by atoms with Gasteiger partial charge in [-0.1, -0.05) is 0 Å². The molecule has 3 rings (SSSR count). The summed E-state index contributed by atoms with van der Waals surface area (Å²) in [6, 6.07) is 4.11. The molecule has 1 aliphatic rings. The zero-order valence-electron chi connectivity index (χ0n) is 9.91. The molecule has 2 N–H and O–H groups in total. The lowest BCUT2D eigenvalue weighted by molar-refractivity contribution is 0.411. The maximum atomic E-state index is 5.79. The molecule has 3 nitrogen and oxygen atoms in total. The molecule has 0 bridgehead atoms. The molecule has 1 aromatic heterocycles. The number of hydrogen-bond donors (Lipinski definition) is 1. The number of aromatic nitrogens is 1. The van der Waals surface area contributed by atoms with Gasteiger partial charge in [0.2, 0.25) is 0 Å². The highest BCUT2D eigenvalue weighted by atomic mass is 32.1. The van der Waals surface area contributed by atoms with Crippen molar-refractivity contribution in [2.24, 2.45) is 0 Å². The molecule has 0 amide bonds. The lowest BCUT2D eigenvalue weighted by Gasteiger charge is -2.19. The van der Waals surface area contributed by atoms with Crippen molar-refractivity contribution in [1.29, 1.82) is 0 Å². The van der Waals surface area contributed by atoms with Gasteiger partial charge in [-0.15, -0.1) is 11.3 Å². The molecular formula is C13H14N2OS. The van der Waals surface area contributed by atoms with Crippen molar-refractivity contribution in [3.63, 3.8) is 0 Å². The van der Waals surface area contributed by atoms with Gasteiger partial charge < -0.3 is 10.5 Å². The number of aryl methyl sites for hydroxylation is 1. The van der Waals surface area contributed by atoms with Crippen molar-refractivity contribution < 1.29 is 4.74 Å². The first-order valence-electron chi connectivity index (χ1n) is 5.62. The van der Waals surface area contributed by atoms with E-state index < -0.39 is 0 Å². The van der Waals surface area contributed by atoms with Crippen molar-refractivity contribution in [1.82, 2.24) is 4.98 Å². The fraction of sp³-hybridized carbons (Fsp3) is 0.308. The second-order valence-corrected chi connectivity index (χ2v) is 5.36. The van der Waals surface area contributed by atoms with Crippen molar-refractivity contribution >= 4 is 16.5 Å². The van der Waals surface area contributed by atoms with Crippen LogP contribution >= 0.6 is 11.3 Å². The lowest BCUT2D eigenvalue weighted by Crippen LogP contribution is -2.05. The maximum Gasteiger partial charge on any atom is 0.180 e. The maximum absolute atomic E-state index is 5.79. The molecule has 1 aromatic carbocycles. The van der Waals surface area contributed by atoms with E-state index in [2.05, 4.69) is 18.0 Å². The van der Waals surface area contributed by atoms with E-state index in [1.54, 1.807) is 18.4 Å². The Bertz CT molecular complexity index is 589. The quantitative estimate of drug-likeness (QED) is 0.841. The van der Waals surface area contributed by atoms with Crippen LogP contribution in [0.25, 0.3) is 11.3 Å². The molecule has 0 saturated heterocycles. The highest BCUT2D eigenvalue weighted by Gasteiger charge is 2.22. The smallest absolute Gasteiger partial charge is 0.180 e. The van der Waals surface area contributed by atoms with Crippen LogP contribution < -0.4 is 10.5 Å². The Morgan fingerprint density at radius 2 is 2.18 bits per heavy atom. The van der Waals surface area contributed by atoms with Crippen LogP contribution in [-0.4, -0.2) is 12.1 Å². The summed E-state index contributed by atoms with van der Waals surface area (Å²) < 4.78 is 5.36. The van der Waals surface area contributed by atoms with Crippen LogP contribution in [0.1, 0.15) is 16.0 Å². The van der Waals surface area contributed by atoms with Gasteiger partial charge in [0.15, 0.2) is 5.13 Å². The topological polar surface area (TPSA) is 48.1 Å². The Morgan fingerprint density at radius 1 is 1.35 bits per heavy atom. The third-order valence-corrected chi connectivity index (χ3v) is 4.28. The van der Waals surface area contributed by atoms with Crippen LogP contribution in [0, 0.1) is 6.92 Å². The van der Waals surface area contributed by atoms with Crippen LogP contribution in [0.3, 0.4) is 0 Å². The van der Waals surface area contributed by atoms with E-state index in [1.807, 2.05) is 6.07 Å². The van der Waals surface area contributed by atoms with Gasteiger partial charge in [0.1, 0.15) is 5.75 Å². The molecule has 0 radical (unpaired) electrons. The number of anilines is 1. The Balaban J connectivity index is 2.23. The molecule has 88 valence electrons. The van der Waals surface area contributed by atoms with Gasteiger partial charge in [-0.2, -0.15) is 0 Å². The first-order valence-corrected chi connectivity index (χ1v) is 6.44. The van der Waals surface area contributed by atoms with E-state index in [0.29, 0.717) is 5.13 Å². The van der Waals surface area contributed by atoms with Crippen molar-refractivity contribution in [2.75, 3.05) is 12.8 Å². The molecule has 1 aliphatic carbocycles. The van der Waals surface area contributed by atoms with Gasteiger partial charge in [0.05, 0.1) is 12.8 Å². The van der Waals surface area contributed by atoms with Gasteiger partial charge in [0.25, 0.3) is 0 Å². The highest BCUT2D eigenvalue weighted by molar-refractivity contribution is 7.15. The summed E-state index contributed by atoms with van der Waals surface area (Å²) in [7, 11) is 1.71. The van der Waals surface area contributed by atoms with Gasteiger partial charge in [0, 0.05) is 10.4 Å². The molecule has 0 atom stereocenters. The molecule has 2 aromatic rings. The van der Waals surface area contributed by atoms with Gasteiger partial charge in [-0.25, -0.2) is 4.98 Å². The SMILES string of the molecule is COc1ccc2c(c1C)CCc1sc(N)nc1-2. The summed E-state index contributed by atoms with van der Waals surface area (Å²) in [6.07, 6.45) is 2.08. The lowest BCUT2D eigenvalue weighted by atomic mass is 9.89. The van der Waals surface area contributed by atoms with Gasteiger partial charge in [-0.3, -0.25) is 0 Å². The third kappa shape index (κ3) is 1.52. The normalized spacial score (nSPS) is 13.1. The monoisotopic (exact) mass is 246 g/mol. The van der Waals surface area contributed by atoms with E-state index in [0.717, 1.165) is 24.3 Å². The van der Waals surface area contributed by atoms with E-state index >= 15 is 0 Å². The number of fused-ring (bicyclic) bond motifs is 3. The molecule has 0 aliphatic heterocycles.